The number of hydrogen-bond acceptors (Lipinski definition) is 2. The van der Waals surface area contributed by atoms with E-state index >= 15 is 0 Å². The average Bonchev–Trinajstić information content (AvgIpc) is 2.88. The van der Waals surface area contributed by atoms with Gasteiger partial charge in [0.05, 0.1) is 12.6 Å². The fourth-order valence-electron chi connectivity index (χ4n) is 3.82. The topological polar surface area (TPSA) is 28.4 Å². The van der Waals surface area contributed by atoms with Crippen molar-refractivity contribution in [3.05, 3.63) is 69.9 Å². The van der Waals surface area contributed by atoms with Crippen LogP contribution < -0.4 is 0 Å². The molecule has 0 aliphatic carbocycles. The van der Waals surface area contributed by atoms with E-state index in [1.165, 1.54) is 22.2 Å². The zero-order chi connectivity index (χ0) is 17.6. The Hall–Kier alpha value is -1.81. The van der Waals surface area contributed by atoms with Crippen LogP contribution >= 0.6 is 11.6 Å². The molecule has 25 heavy (non-hydrogen) atoms. The fraction of sp³-hybridized carbons (Fsp3) is 0.333. The monoisotopic (exact) mass is 354 g/mol. The predicted octanol–water partition coefficient (Wildman–Crippen LogP) is 4.32. The SMILES string of the molecule is Cc1ccc(C(O)Cn2c3c(c4cc(Cl)ccc42)CCN(C)C3)cc1. The second-order valence-corrected chi connectivity index (χ2v) is 7.55. The molecule has 4 heteroatoms. The number of likely N-dealkylation sites (N-methyl/N-ethyl adjacent to an activating group) is 1. The number of hydrogen-bond donors (Lipinski definition) is 1. The van der Waals surface area contributed by atoms with Crippen molar-refractivity contribution in [3.63, 3.8) is 0 Å². The minimum atomic E-state index is -0.525. The lowest BCUT2D eigenvalue weighted by atomic mass is 10.0. The summed E-state index contributed by atoms with van der Waals surface area (Å²) < 4.78 is 2.28. The van der Waals surface area contributed by atoms with E-state index in [9.17, 15) is 5.11 Å². The average molecular weight is 355 g/mol. The molecule has 1 aromatic heterocycles. The quantitative estimate of drug-likeness (QED) is 0.758. The van der Waals surface area contributed by atoms with E-state index in [4.69, 9.17) is 11.6 Å². The van der Waals surface area contributed by atoms with E-state index in [0.717, 1.165) is 35.6 Å². The molecule has 0 bridgehead atoms. The molecule has 0 radical (unpaired) electrons. The molecule has 2 aromatic carbocycles. The molecular formula is C21H23ClN2O. The van der Waals surface area contributed by atoms with Crippen LogP contribution in [0.5, 0.6) is 0 Å². The summed E-state index contributed by atoms with van der Waals surface area (Å²) in [7, 11) is 2.15. The molecule has 130 valence electrons. The van der Waals surface area contributed by atoms with Crippen LogP contribution in [0.4, 0.5) is 0 Å². The van der Waals surface area contributed by atoms with Crippen molar-refractivity contribution in [1.82, 2.24) is 9.47 Å². The highest BCUT2D eigenvalue weighted by atomic mass is 35.5. The van der Waals surface area contributed by atoms with Gasteiger partial charge in [-0.2, -0.15) is 0 Å². The second-order valence-electron chi connectivity index (χ2n) is 7.11. The van der Waals surface area contributed by atoms with Gasteiger partial charge in [0.2, 0.25) is 0 Å². The third kappa shape index (κ3) is 3.08. The summed E-state index contributed by atoms with van der Waals surface area (Å²) >= 11 is 6.25. The first-order chi connectivity index (χ1) is 12.0. The summed E-state index contributed by atoms with van der Waals surface area (Å²) in [6.07, 6.45) is 0.499. The zero-order valence-corrected chi connectivity index (χ0v) is 15.4. The number of fused-ring (bicyclic) bond motifs is 3. The summed E-state index contributed by atoms with van der Waals surface area (Å²) in [4.78, 5) is 2.33. The van der Waals surface area contributed by atoms with Gasteiger partial charge in [0, 0.05) is 34.7 Å². The Kier molecular flexibility index (Phi) is 4.32. The lowest BCUT2D eigenvalue weighted by Gasteiger charge is -2.25. The molecule has 1 atom stereocenters. The Balaban J connectivity index is 1.78. The molecule has 1 aliphatic heterocycles. The minimum absolute atomic E-state index is 0.525. The number of halogens is 1. The van der Waals surface area contributed by atoms with Crippen molar-refractivity contribution >= 4 is 22.5 Å². The minimum Gasteiger partial charge on any atom is -0.387 e. The Bertz CT molecular complexity index is 914. The van der Waals surface area contributed by atoms with Crippen molar-refractivity contribution < 1.29 is 5.11 Å². The number of benzene rings is 2. The maximum absolute atomic E-state index is 10.8. The van der Waals surface area contributed by atoms with Gasteiger partial charge < -0.3 is 14.6 Å². The van der Waals surface area contributed by atoms with Gasteiger partial charge in [0.25, 0.3) is 0 Å². The Labute approximate surface area is 153 Å². The number of nitrogens with zero attached hydrogens (tertiary/aromatic N) is 2. The van der Waals surface area contributed by atoms with Crippen molar-refractivity contribution in [1.29, 1.82) is 0 Å². The lowest BCUT2D eigenvalue weighted by molar-refractivity contribution is 0.155. The first kappa shape index (κ1) is 16.6. The molecule has 0 fully saturated rings. The van der Waals surface area contributed by atoms with Crippen molar-refractivity contribution in [2.45, 2.75) is 32.5 Å². The smallest absolute Gasteiger partial charge is 0.0969 e. The number of rotatable bonds is 3. The second kappa shape index (κ2) is 6.49. The van der Waals surface area contributed by atoms with E-state index in [1.54, 1.807) is 0 Å². The van der Waals surface area contributed by atoms with Gasteiger partial charge in [-0.15, -0.1) is 0 Å². The van der Waals surface area contributed by atoms with Gasteiger partial charge in [-0.1, -0.05) is 41.4 Å². The maximum Gasteiger partial charge on any atom is 0.0969 e. The van der Waals surface area contributed by atoms with Crippen LogP contribution in [0.25, 0.3) is 10.9 Å². The summed E-state index contributed by atoms with van der Waals surface area (Å²) in [6.45, 7) is 4.58. The maximum atomic E-state index is 10.8. The van der Waals surface area contributed by atoms with Crippen molar-refractivity contribution in [2.24, 2.45) is 0 Å². The highest BCUT2D eigenvalue weighted by Crippen LogP contribution is 2.33. The van der Waals surface area contributed by atoms with Crippen LogP contribution in [0.1, 0.15) is 28.5 Å². The molecule has 0 saturated carbocycles. The van der Waals surface area contributed by atoms with Crippen LogP contribution in [0, 0.1) is 6.92 Å². The number of aromatic nitrogens is 1. The van der Waals surface area contributed by atoms with Gasteiger partial charge in [0.1, 0.15) is 0 Å². The lowest BCUT2D eigenvalue weighted by Crippen LogP contribution is -2.28. The van der Waals surface area contributed by atoms with Gasteiger partial charge in [-0.25, -0.2) is 0 Å². The van der Waals surface area contributed by atoms with Gasteiger partial charge >= 0.3 is 0 Å². The number of aryl methyl sites for hydroxylation is 1. The summed E-state index contributed by atoms with van der Waals surface area (Å²) in [6, 6.07) is 14.2. The molecule has 0 amide bonds. The summed E-state index contributed by atoms with van der Waals surface area (Å²) in [5, 5.41) is 12.8. The number of aliphatic hydroxyl groups excluding tert-OH is 1. The molecule has 0 spiro atoms. The van der Waals surface area contributed by atoms with E-state index in [0.29, 0.717) is 6.54 Å². The van der Waals surface area contributed by atoms with Crippen LogP contribution in [0.3, 0.4) is 0 Å². The van der Waals surface area contributed by atoms with Crippen LogP contribution in [0.15, 0.2) is 42.5 Å². The molecule has 1 N–H and O–H groups in total. The molecule has 4 rings (SSSR count). The third-order valence-corrected chi connectivity index (χ3v) is 5.46. The molecular weight excluding hydrogens is 332 g/mol. The van der Waals surface area contributed by atoms with E-state index in [-0.39, 0.29) is 0 Å². The van der Waals surface area contributed by atoms with Crippen LogP contribution in [-0.4, -0.2) is 28.2 Å². The largest absolute Gasteiger partial charge is 0.387 e. The fourth-order valence-corrected chi connectivity index (χ4v) is 3.99. The molecule has 1 unspecified atom stereocenters. The van der Waals surface area contributed by atoms with Crippen LogP contribution in [0.2, 0.25) is 5.02 Å². The predicted molar refractivity (Wildman–Crippen MR) is 103 cm³/mol. The number of aliphatic hydroxyl groups is 1. The molecule has 1 aliphatic rings. The van der Waals surface area contributed by atoms with Crippen molar-refractivity contribution in [3.8, 4) is 0 Å². The van der Waals surface area contributed by atoms with Gasteiger partial charge in [-0.05, 0) is 49.7 Å². The molecule has 3 aromatic rings. The summed E-state index contributed by atoms with van der Waals surface area (Å²) in [5.41, 5.74) is 6.01. The summed E-state index contributed by atoms with van der Waals surface area (Å²) in [5.74, 6) is 0. The Morgan fingerprint density at radius 1 is 1.16 bits per heavy atom. The van der Waals surface area contributed by atoms with E-state index < -0.39 is 6.10 Å². The first-order valence-corrected chi connectivity index (χ1v) is 9.13. The standard InChI is InChI=1S/C21H23ClN2O/c1-14-3-5-15(6-4-14)21(25)13-24-19-8-7-16(22)11-18(19)17-9-10-23(2)12-20(17)24/h3-8,11,21,25H,9-10,12-13H2,1-2H3. The first-order valence-electron chi connectivity index (χ1n) is 8.75. The van der Waals surface area contributed by atoms with E-state index in [1.807, 2.05) is 18.2 Å². The van der Waals surface area contributed by atoms with E-state index in [2.05, 4.69) is 47.7 Å². The van der Waals surface area contributed by atoms with Gasteiger partial charge in [0.15, 0.2) is 0 Å². The zero-order valence-electron chi connectivity index (χ0n) is 14.7. The molecule has 3 nitrogen and oxygen atoms in total. The Morgan fingerprint density at radius 3 is 2.68 bits per heavy atom. The molecule has 0 saturated heterocycles. The normalized spacial score (nSPS) is 16.2. The highest BCUT2D eigenvalue weighted by Gasteiger charge is 2.24. The molecule has 2 heterocycles. The Morgan fingerprint density at radius 2 is 1.92 bits per heavy atom. The van der Waals surface area contributed by atoms with Crippen molar-refractivity contribution in [2.75, 3.05) is 13.6 Å². The highest BCUT2D eigenvalue weighted by molar-refractivity contribution is 6.31. The van der Waals surface area contributed by atoms with Gasteiger partial charge in [-0.3, -0.25) is 0 Å². The van der Waals surface area contributed by atoms with Crippen LogP contribution in [-0.2, 0) is 19.5 Å². The third-order valence-electron chi connectivity index (χ3n) is 5.23.